The van der Waals surface area contributed by atoms with Gasteiger partial charge >= 0.3 is 8.80 Å². The van der Waals surface area contributed by atoms with Crippen LogP contribution in [-0.4, -0.2) is 34.2 Å². The Hall–Kier alpha value is 0.0569. The van der Waals surface area contributed by atoms with Gasteiger partial charge in [0, 0.05) is 31.4 Å². The first kappa shape index (κ1) is 16.1. The van der Waals surface area contributed by atoms with Crippen molar-refractivity contribution in [3.8, 4) is 0 Å². The fraction of sp³-hybridized carbons (Fsp3) is 1.00. The van der Waals surface area contributed by atoms with Crippen molar-refractivity contribution in [3.05, 3.63) is 0 Å². The Labute approximate surface area is 101 Å². The third kappa shape index (κ3) is 5.96. The summed E-state index contributed by atoms with van der Waals surface area (Å²) >= 11 is 0. The van der Waals surface area contributed by atoms with Crippen LogP contribution >= 0.6 is 0 Å². The fourth-order valence-electron chi connectivity index (χ4n) is 1.50. The quantitative estimate of drug-likeness (QED) is 0.636. The highest BCUT2D eigenvalue weighted by molar-refractivity contribution is 6.61. The van der Waals surface area contributed by atoms with Gasteiger partial charge in [-0.15, -0.1) is 0 Å². The molecule has 2 atom stereocenters. The zero-order valence-corrected chi connectivity index (χ0v) is 12.3. The van der Waals surface area contributed by atoms with Crippen LogP contribution in [0, 0.1) is 0 Å². The first-order chi connectivity index (χ1) is 7.49. The SMILES string of the molecule is CCO[Si](CC(C)N)(OCC)OC(C)CC. The van der Waals surface area contributed by atoms with Crippen LogP contribution in [0.15, 0.2) is 0 Å². The molecule has 0 aromatic rings. The normalized spacial score (nSPS) is 16.1. The lowest BCUT2D eigenvalue weighted by Gasteiger charge is -2.32. The van der Waals surface area contributed by atoms with Crippen molar-refractivity contribution in [2.24, 2.45) is 5.73 Å². The maximum Gasteiger partial charge on any atom is 0.502 e. The van der Waals surface area contributed by atoms with E-state index in [1.165, 1.54) is 0 Å². The van der Waals surface area contributed by atoms with Crippen LogP contribution in [0.4, 0.5) is 0 Å². The molecular formula is C11H27NO3Si. The standard InChI is InChI=1S/C11H27NO3Si/c1-6-11(5)15-16(13-7-2,14-8-3)9-10(4)12/h10-11H,6-9,12H2,1-5H3. The molecule has 2 unspecified atom stereocenters. The molecule has 0 radical (unpaired) electrons. The summed E-state index contributed by atoms with van der Waals surface area (Å²) < 4.78 is 17.5. The lowest BCUT2D eigenvalue weighted by molar-refractivity contribution is 0.0362. The number of hydrogen-bond acceptors (Lipinski definition) is 4. The van der Waals surface area contributed by atoms with Gasteiger partial charge in [0.15, 0.2) is 0 Å². The van der Waals surface area contributed by atoms with E-state index in [-0.39, 0.29) is 12.1 Å². The van der Waals surface area contributed by atoms with E-state index in [9.17, 15) is 0 Å². The minimum absolute atomic E-state index is 0.0359. The largest absolute Gasteiger partial charge is 0.502 e. The van der Waals surface area contributed by atoms with E-state index < -0.39 is 8.80 Å². The summed E-state index contributed by atoms with van der Waals surface area (Å²) in [7, 11) is -2.57. The second-order valence-electron chi connectivity index (χ2n) is 4.07. The predicted molar refractivity (Wildman–Crippen MR) is 68.3 cm³/mol. The lowest BCUT2D eigenvalue weighted by atomic mass is 10.3. The Morgan fingerprint density at radius 2 is 1.56 bits per heavy atom. The minimum atomic E-state index is -2.57. The Morgan fingerprint density at radius 3 is 1.88 bits per heavy atom. The van der Waals surface area contributed by atoms with Gasteiger partial charge in [-0.25, -0.2) is 0 Å². The summed E-state index contributed by atoms with van der Waals surface area (Å²) in [6.45, 7) is 11.2. The Kier molecular flexibility index (Phi) is 8.22. The van der Waals surface area contributed by atoms with E-state index in [2.05, 4.69) is 6.92 Å². The third-order valence-corrected chi connectivity index (χ3v) is 5.62. The third-order valence-electron chi connectivity index (χ3n) is 2.26. The lowest BCUT2D eigenvalue weighted by Crippen LogP contribution is -2.51. The van der Waals surface area contributed by atoms with E-state index >= 15 is 0 Å². The zero-order valence-electron chi connectivity index (χ0n) is 11.3. The molecular weight excluding hydrogens is 222 g/mol. The van der Waals surface area contributed by atoms with Gasteiger partial charge in [-0.2, -0.15) is 0 Å². The molecule has 0 fully saturated rings. The Morgan fingerprint density at radius 1 is 1.06 bits per heavy atom. The topological polar surface area (TPSA) is 53.7 Å². The summed E-state index contributed by atoms with van der Waals surface area (Å²) in [6, 6.07) is 0.716. The van der Waals surface area contributed by atoms with Crippen LogP contribution in [0.2, 0.25) is 6.04 Å². The van der Waals surface area contributed by atoms with Gasteiger partial charge in [0.05, 0.1) is 0 Å². The summed E-state index contributed by atoms with van der Waals surface area (Å²) in [4.78, 5) is 0. The van der Waals surface area contributed by atoms with Crippen molar-refractivity contribution in [2.75, 3.05) is 13.2 Å². The predicted octanol–water partition coefficient (Wildman–Crippen LogP) is 2.16. The first-order valence-corrected chi connectivity index (χ1v) is 8.14. The van der Waals surface area contributed by atoms with Crippen molar-refractivity contribution in [1.82, 2.24) is 0 Å². The van der Waals surface area contributed by atoms with Crippen LogP contribution in [0.1, 0.15) is 41.0 Å². The van der Waals surface area contributed by atoms with Crippen molar-refractivity contribution >= 4 is 8.80 Å². The van der Waals surface area contributed by atoms with Crippen LogP contribution in [0.5, 0.6) is 0 Å². The molecule has 0 rings (SSSR count). The van der Waals surface area contributed by atoms with E-state index in [1.54, 1.807) is 0 Å². The number of rotatable bonds is 9. The molecule has 98 valence electrons. The molecule has 0 saturated heterocycles. The Bertz CT molecular complexity index is 173. The summed E-state index contributed by atoms with van der Waals surface area (Å²) in [6.07, 6.45) is 1.11. The molecule has 5 heteroatoms. The van der Waals surface area contributed by atoms with Gasteiger partial charge < -0.3 is 19.0 Å². The summed E-state index contributed by atoms with van der Waals surface area (Å²) in [5.41, 5.74) is 5.85. The molecule has 0 amide bonds. The van der Waals surface area contributed by atoms with Gasteiger partial charge in [-0.1, -0.05) is 6.92 Å². The molecule has 4 nitrogen and oxygen atoms in total. The van der Waals surface area contributed by atoms with Gasteiger partial charge in [0.1, 0.15) is 0 Å². The number of nitrogens with two attached hydrogens (primary N) is 1. The maximum absolute atomic E-state index is 5.99. The van der Waals surface area contributed by atoms with E-state index in [4.69, 9.17) is 19.0 Å². The zero-order chi connectivity index (χ0) is 12.6. The minimum Gasteiger partial charge on any atom is -0.374 e. The van der Waals surface area contributed by atoms with Gasteiger partial charge in [-0.3, -0.25) is 0 Å². The average Bonchev–Trinajstić information content (AvgIpc) is 2.17. The van der Waals surface area contributed by atoms with Crippen LogP contribution in [0.3, 0.4) is 0 Å². The molecule has 0 aliphatic heterocycles. The van der Waals surface area contributed by atoms with Crippen LogP contribution in [-0.2, 0) is 13.3 Å². The highest BCUT2D eigenvalue weighted by Crippen LogP contribution is 2.20. The van der Waals surface area contributed by atoms with Crippen LogP contribution in [0.25, 0.3) is 0 Å². The van der Waals surface area contributed by atoms with Gasteiger partial charge in [-0.05, 0) is 34.1 Å². The van der Waals surface area contributed by atoms with Crippen molar-refractivity contribution < 1.29 is 13.3 Å². The molecule has 0 bridgehead atoms. The summed E-state index contributed by atoms with van der Waals surface area (Å²) in [5, 5.41) is 0. The van der Waals surface area contributed by atoms with Crippen molar-refractivity contribution in [2.45, 2.75) is 59.2 Å². The monoisotopic (exact) mass is 249 g/mol. The molecule has 0 aromatic carbocycles. The average molecular weight is 249 g/mol. The molecule has 2 N–H and O–H groups in total. The maximum atomic E-state index is 5.99. The van der Waals surface area contributed by atoms with E-state index in [0.29, 0.717) is 19.3 Å². The number of hydrogen-bond donors (Lipinski definition) is 1. The highest BCUT2D eigenvalue weighted by atomic mass is 28.4. The van der Waals surface area contributed by atoms with Gasteiger partial charge in [0.2, 0.25) is 0 Å². The van der Waals surface area contributed by atoms with Gasteiger partial charge in [0.25, 0.3) is 0 Å². The van der Waals surface area contributed by atoms with Crippen molar-refractivity contribution in [1.29, 1.82) is 0 Å². The molecule has 0 saturated carbocycles. The molecule has 0 heterocycles. The second kappa shape index (κ2) is 8.19. The smallest absolute Gasteiger partial charge is 0.374 e. The molecule has 0 spiro atoms. The molecule has 16 heavy (non-hydrogen) atoms. The van der Waals surface area contributed by atoms with Crippen molar-refractivity contribution in [3.63, 3.8) is 0 Å². The fourth-order valence-corrected chi connectivity index (χ4v) is 4.50. The molecule has 0 aliphatic carbocycles. The Balaban J connectivity index is 4.62. The second-order valence-corrected chi connectivity index (χ2v) is 6.65. The first-order valence-electron chi connectivity index (χ1n) is 6.20. The molecule has 0 aromatic heterocycles. The van der Waals surface area contributed by atoms with Crippen LogP contribution < -0.4 is 5.73 Å². The van der Waals surface area contributed by atoms with E-state index in [0.717, 1.165) is 6.42 Å². The summed E-state index contributed by atoms with van der Waals surface area (Å²) in [5.74, 6) is 0. The highest BCUT2D eigenvalue weighted by Gasteiger charge is 2.42. The molecule has 0 aliphatic rings. The van der Waals surface area contributed by atoms with E-state index in [1.807, 2.05) is 27.7 Å².